The van der Waals surface area contributed by atoms with E-state index < -0.39 is 5.82 Å². The van der Waals surface area contributed by atoms with E-state index in [1.807, 2.05) is 6.07 Å². The molecule has 0 saturated carbocycles. The van der Waals surface area contributed by atoms with Gasteiger partial charge in [0.1, 0.15) is 5.82 Å². The van der Waals surface area contributed by atoms with Gasteiger partial charge in [0.05, 0.1) is 43.3 Å². The highest BCUT2D eigenvalue weighted by Gasteiger charge is 2.21. The van der Waals surface area contributed by atoms with Gasteiger partial charge in [0.15, 0.2) is 0 Å². The van der Waals surface area contributed by atoms with Crippen molar-refractivity contribution in [1.29, 1.82) is 5.26 Å². The third-order valence-electron chi connectivity index (χ3n) is 2.66. The van der Waals surface area contributed by atoms with Gasteiger partial charge in [-0.1, -0.05) is 58.0 Å². The monoisotopic (exact) mass is 382 g/mol. The van der Waals surface area contributed by atoms with Crippen LogP contribution in [0.25, 0.3) is 11.1 Å². The molecule has 0 N–H and O–H groups in total. The lowest BCUT2D eigenvalue weighted by Gasteiger charge is -2.13. The van der Waals surface area contributed by atoms with E-state index in [0.29, 0.717) is 0 Å². The Morgan fingerprint density at radius 2 is 1.52 bits per heavy atom. The summed E-state index contributed by atoms with van der Waals surface area (Å²) in [5, 5.41) is 8.72. The molecule has 8 heteroatoms. The van der Waals surface area contributed by atoms with Gasteiger partial charge in [-0.2, -0.15) is 5.26 Å². The third-order valence-corrected chi connectivity index (χ3v) is 4.94. The van der Waals surface area contributed by atoms with Gasteiger partial charge in [0.25, 0.3) is 0 Å². The van der Waals surface area contributed by atoms with Crippen LogP contribution in [0.1, 0.15) is 5.69 Å². The summed E-state index contributed by atoms with van der Waals surface area (Å²) >= 11 is 30.0. The number of hydrogen-bond donors (Lipinski definition) is 0. The number of pyridine rings is 1. The molecule has 2 nitrogen and oxygen atoms in total. The van der Waals surface area contributed by atoms with Crippen molar-refractivity contribution in [2.24, 2.45) is 0 Å². The third kappa shape index (κ3) is 3.06. The topological polar surface area (TPSA) is 36.7 Å². The maximum atomic E-state index is 13.9. The molecule has 2 rings (SSSR count). The number of rotatable bonds is 2. The Kier molecular flexibility index (Phi) is 5.19. The zero-order valence-corrected chi connectivity index (χ0v) is 13.8. The van der Waals surface area contributed by atoms with E-state index in [4.69, 9.17) is 63.3 Å². The molecule has 1 aromatic carbocycles. The summed E-state index contributed by atoms with van der Waals surface area (Å²) in [6.07, 6.45) is 1.19. The summed E-state index contributed by atoms with van der Waals surface area (Å²) in [4.78, 5) is 3.87. The first-order chi connectivity index (χ1) is 9.88. The summed E-state index contributed by atoms with van der Waals surface area (Å²) in [6, 6.07) is 2.98. The van der Waals surface area contributed by atoms with Crippen LogP contribution in [0.3, 0.4) is 0 Å². The number of nitriles is 1. The van der Waals surface area contributed by atoms with Crippen LogP contribution in [0.15, 0.2) is 12.3 Å². The zero-order chi connectivity index (χ0) is 15.7. The predicted molar refractivity (Wildman–Crippen MR) is 84.0 cm³/mol. The lowest BCUT2D eigenvalue weighted by Crippen LogP contribution is -1.96. The molecule has 0 amide bonds. The summed E-state index contributed by atoms with van der Waals surface area (Å²) in [5.41, 5.74) is 0.539. The average molecular weight is 384 g/mol. The van der Waals surface area contributed by atoms with Crippen LogP contribution in [-0.4, -0.2) is 4.98 Å². The van der Waals surface area contributed by atoms with Crippen molar-refractivity contribution in [3.8, 4) is 17.2 Å². The number of benzene rings is 1. The van der Waals surface area contributed by atoms with Gasteiger partial charge in [-0.15, -0.1) is 0 Å². The molecule has 0 fully saturated rings. The van der Waals surface area contributed by atoms with Crippen molar-refractivity contribution in [3.05, 3.63) is 48.9 Å². The number of aromatic nitrogens is 1. The van der Waals surface area contributed by atoms with Crippen molar-refractivity contribution < 1.29 is 4.39 Å². The van der Waals surface area contributed by atoms with Gasteiger partial charge in [0.2, 0.25) is 0 Å². The van der Waals surface area contributed by atoms with Gasteiger partial charge < -0.3 is 0 Å². The number of nitrogens with zero attached hydrogens (tertiary/aromatic N) is 2. The van der Waals surface area contributed by atoms with Crippen LogP contribution in [0.4, 0.5) is 4.39 Å². The lowest BCUT2D eigenvalue weighted by molar-refractivity contribution is 0.606. The Labute approximate surface area is 145 Å². The Balaban J connectivity index is 2.69. The minimum atomic E-state index is -0.650. The molecule has 0 atom stereocenters. The van der Waals surface area contributed by atoms with Crippen LogP contribution in [0.5, 0.6) is 0 Å². The number of hydrogen-bond acceptors (Lipinski definition) is 2. The molecule has 21 heavy (non-hydrogen) atoms. The van der Waals surface area contributed by atoms with Gasteiger partial charge in [-0.3, -0.25) is 4.98 Å². The van der Waals surface area contributed by atoms with Gasteiger partial charge in [-0.25, -0.2) is 4.39 Å². The van der Waals surface area contributed by atoms with Crippen LogP contribution in [0.2, 0.25) is 25.1 Å². The maximum Gasteiger partial charge on any atom is 0.146 e. The van der Waals surface area contributed by atoms with E-state index in [9.17, 15) is 4.39 Å². The van der Waals surface area contributed by atoms with Crippen molar-refractivity contribution in [3.63, 3.8) is 0 Å². The zero-order valence-electron chi connectivity index (χ0n) is 10.0. The van der Waals surface area contributed by atoms with Crippen LogP contribution in [-0.2, 0) is 6.42 Å². The molecule has 108 valence electrons. The SMILES string of the molecule is N#CCc1ncc(-c2c(Cl)c(Cl)c(Cl)c(Cl)c2Cl)cc1F. The van der Waals surface area contributed by atoms with Crippen molar-refractivity contribution in [1.82, 2.24) is 4.98 Å². The molecular formula is C13H4Cl5FN2. The summed E-state index contributed by atoms with van der Waals surface area (Å²) in [7, 11) is 0. The summed E-state index contributed by atoms with van der Waals surface area (Å²) < 4.78 is 13.9. The Bertz CT molecular complexity index is 741. The van der Waals surface area contributed by atoms with Gasteiger partial charge in [0, 0.05) is 17.3 Å². The Morgan fingerprint density at radius 3 is 2.00 bits per heavy atom. The first-order valence-corrected chi connectivity index (χ1v) is 7.30. The minimum absolute atomic E-state index is 0.0178. The molecule has 0 saturated heterocycles. The highest BCUT2D eigenvalue weighted by molar-refractivity contribution is 6.56. The molecule has 2 aromatic rings. The van der Waals surface area contributed by atoms with E-state index >= 15 is 0 Å². The second-order valence-electron chi connectivity index (χ2n) is 3.93. The Hall–Kier alpha value is -0.760. The van der Waals surface area contributed by atoms with Crippen molar-refractivity contribution >= 4 is 58.0 Å². The second kappa shape index (κ2) is 6.56. The van der Waals surface area contributed by atoms with E-state index in [1.165, 1.54) is 6.20 Å². The fourth-order valence-corrected chi connectivity index (χ4v) is 3.02. The quantitative estimate of drug-likeness (QED) is 0.455. The normalized spacial score (nSPS) is 10.5. The molecule has 0 radical (unpaired) electrons. The highest BCUT2D eigenvalue weighted by Crippen LogP contribution is 2.48. The predicted octanol–water partition coefficient (Wildman–Crippen LogP) is 6.22. The largest absolute Gasteiger partial charge is 0.256 e. The standard InChI is InChI=1S/C13H4Cl5FN2/c14-9-8(10(15)12(17)13(18)11(9)16)5-3-6(19)7(1-2-20)21-4-5/h3-4H,1H2. The molecule has 1 heterocycles. The maximum absolute atomic E-state index is 13.9. The second-order valence-corrected chi connectivity index (χ2v) is 5.82. The smallest absolute Gasteiger partial charge is 0.146 e. The summed E-state index contributed by atoms with van der Waals surface area (Å²) in [5.74, 6) is -0.650. The minimum Gasteiger partial charge on any atom is -0.256 e. The molecule has 0 aliphatic heterocycles. The molecule has 0 unspecified atom stereocenters. The molecule has 0 aliphatic carbocycles. The number of halogens is 6. The highest BCUT2D eigenvalue weighted by atomic mass is 35.5. The van der Waals surface area contributed by atoms with Crippen LogP contribution < -0.4 is 0 Å². The molecule has 0 spiro atoms. The van der Waals surface area contributed by atoms with E-state index in [1.54, 1.807) is 0 Å². The van der Waals surface area contributed by atoms with E-state index in [2.05, 4.69) is 4.98 Å². The van der Waals surface area contributed by atoms with Crippen molar-refractivity contribution in [2.45, 2.75) is 6.42 Å². The van der Waals surface area contributed by atoms with E-state index in [0.717, 1.165) is 6.07 Å². The van der Waals surface area contributed by atoms with Crippen LogP contribution >= 0.6 is 58.0 Å². The summed E-state index contributed by atoms with van der Waals surface area (Å²) in [6.45, 7) is 0. The van der Waals surface area contributed by atoms with E-state index in [-0.39, 0.29) is 48.4 Å². The molecular weight excluding hydrogens is 380 g/mol. The first kappa shape index (κ1) is 16.6. The fraction of sp³-hybridized carbons (Fsp3) is 0.0769. The molecule has 0 aliphatic rings. The Morgan fingerprint density at radius 1 is 1.00 bits per heavy atom. The van der Waals surface area contributed by atoms with Crippen molar-refractivity contribution in [2.75, 3.05) is 0 Å². The molecule has 0 bridgehead atoms. The van der Waals surface area contributed by atoms with Gasteiger partial charge >= 0.3 is 0 Å². The van der Waals surface area contributed by atoms with Gasteiger partial charge in [-0.05, 0) is 6.07 Å². The molecule has 1 aromatic heterocycles. The first-order valence-electron chi connectivity index (χ1n) is 5.41. The average Bonchev–Trinajstić information content (AvgIpc) is 2.46. The lowest BCUT2D eigenvalue weighted by atomic mass is 10.1. The van der Waals surface area contributed by atoms with Crippen LogP contribution in [0, 0.1) is 17.1 Å². The fourth-order valence-electron chi connectivity index (χ4n) is 1.67.